The highest BCUT2D eigenvalue weighted by atomic mass is 32.1. The second-order valence-electron chi connectivity index (χ2n) is 8.20. The summed E-state index contributed by atoms with van der Waals surface area (Å²) < 4.78 is 0. The third-order valence-electron chi connectivity index (χ3n) is 5.25. The number of anilines is 1. The summed E-state index contributed by atoms with van der Waals surface area (Å²) in [4.78, 5) is 25.4. The molecule has 0 radical (unpaired) electrons. The Hall–Kier alpha value is -1.69. The van der Waals surface area contributed by atoms with Crippen LogP contribution < -0.4 is 10.2 Å². The second-order valence-corrected chi connectivity index (χ2v) is 9.06. The van der Waals surface area contributed by atoms with Crippen LogP contribution in [-0.2, 0) is 11.2 Å². The van der Waals surface area contributed by atoms with Gasteiger partial charge in [-0.1, -0.05) is 13.8 Å². The Kier molecular flexibility index (Phi) is 4.86. The van der Waals surface area contributed by atoms with Gasteiger partial charge in [-0.25, -0.2) is 9.97 Å². The first-order chi connectivity index (χ1) is 12.5. The SMILES string of the molecule is Cc1nc(N2CCCC(C(=O)NC3CC3)C2)c2c(CC(C)C)csc2n1. The molecule has 0 aromatic carbocycles. The van der Waals surface area contributed by atoms with Gasteiger partial charge in [-0.05, 0) is 55.9 Å². The minimum absolute atomic E-state index is 0.0712. The van der Waals surface area contributed by atoms with E-state index in [4.69, 9.17) is 4.98 Å². The van der Waals surface area contributed by atoms with Gasteiger partial charge in [0, 0.05) is 19.1 Å². The van der Waals surface area contributed by atoms with Crippen LogP contribution in [0.2, 0.25) is 0 Å². The minimum Gasteiger partial charge on any atom is -0.355 e. The Bertz CT molecular complexity index is 811. The molecule has 1 aliphatic heterocycles. The highest BCUT2D eigenvalue weighted by Crippen LogP contribution is 2.35. The molecule has 5 nitrogen and oxygen atoms in total. The summed E-state index contributed by atoms with van der Waals surface area (Å²) in [6.07, 6.45) is 5.34. The van der Waals surface area contributed by atoms with Crippen LogP contribution in [0, 0.1) is 18.8 Å². The molecule has 26 heavy (non-hydrogen) atoms. The molecule has 6 heteroatoms. The third-order valence-corrected chi connectivity index (χ3v) is 6.17. The lowest BCUT2D eigenvalue weighted by molar-refractivity contribution is -0.125. The van der Waals surface area contributed by atoms with Gasteiger partial charge in [0.15, 0.2) is 0 Å². The predicted octanol–water partition coefficient (Wildman–Crippen LogP) is 3.69. The maximum absolute atomic E-state index is 12.5. The summed E-state index contributed by atoms with van der Waals surface area (Å²) in [5.41, 5.74) is 1.35. The zero-order chi connectivity index (χ0) is 18.3. The highest BCUT2D eigenvalue weighted by Gasteiger charge is 2.31. The number of piperidine rings is 1. The largest absolute Gasteiger partial charge is 0.355 e. The summed E-state index contributed by atoms with van der Waals surface area (Å²) in [6, 6.07) is 0.431. The van der Waals surface area contributed by atoms with Crippen molar-refractivity contribution < 1.29 is 4.79 Å². The lowest BCUT2D eigenvalue weighted by Gasteiger charge is -2.33. The van der Waals surface area contributed by atoms with Gasteiger partial charge in [-0.2, -0.15) is 0 Å². The molecule has 2 aromatic heterocycles. The molecule has 1 amide bonds. The van der Waals surface area contributed by atoms with Crippen LogP contribution in [0.4, 0.5) is 5.82 Å². The van der Waals surface area contributed by atoms with E-state index in [1.54, 1.807) is 11.3 Å². The number of nitrogens with one attached hydrogen (secondary N) is 1. The molecule has 1 saturated carbocycles. The van der Waals surface area contributed by atoms with E-state index in [9.17, 15) is 4.79 Å². The van der Waals surface area contributed by atoms with E-state index in [1.165, 1.54) is 10.9 Å². The molecule has 1 atom stereocenters. The molecule has 1 saturated heterocycles. The van der Waals surface area contributed by atoms with E-state index in [1.807, 2.05) is 6.92 Å². The number of aryl methyl sites for hydroxylation is 1. The van der Waals surface area contributed by atoms with Crippen molar-refractivity contribution in [1.29, 1.82) is 0 Å². The first kappa shape index (κ1) is 17.7. The molecular weight excluding hydrogens is 344 g/mol. The second kappa shape index (κ2) is 7.14. The molecule has 140 valence electrons. The molecule has 0 bridgehead atoms. The highest BCUT2D eigenvalue weighted by molar-refractivity contribution is 7.17. The average Bonchev–Trinajstić information content (AvgIpc) is 3.34. The molecular formula is C20H28N4OS. The van der Waals surface area contributed by atoms with Gasteiger partial charge in [0.1, 0.15) is 16.5 Å². The van der Waals surface area contributed by atoms with E-state index in [0.717, 1.165) is 61.7 Å². The molecule has 3 heterocycles. The van der Waals surface area contributed by atoms with Gasteiger partial charge in [-0.3, -0.25) is 4.79 Å². The lowest BCUT2D eigenvalue weighted by atomic mass is 9.96. The topological polar surface area (TPSA) is 58.1 Å². The molecule has 0 spiro atoms. The van der Waals surface area contributed by atoms with Crippen LogP contribution in [0.15, 0.2) is 5.38 Å². The Balaban J connectivity index is 1.63. The van der Waals surface area contributed by atoms with E-state index >= 15 is 0 Å². The van der Waals surface area contributed by atoms with Crippen LogP contribution in [0.3, 0.4) is 0 Å². The van der Waals surface area contributed by atoms with E-state index < -0.39 is 0 Å². The van der Waals surface area contributed by atoms with Gasteiger partial charge in [-0.15, -0.1) is 11.3 Å². The monoisotopic (exact) mass is 372 g/mol. The first-order valence-corrected chi connectivity index (χ1v) is 10.7. The third kappa shape index (κ3) is 3.70. The number of hydrogen-bond donors (Lipinski definition) is 1. The Morgan fingerprint density at radius 2 is 2.15 bits per heavy atom. The number of rotatable bonds is 5. The van der Waals surface area contributed by atoms with Crippen LogP contribution in [-0.4, -0.2) is 35.0 Å². The van der Waals surface area contributed by atoms with Crippen molar-refractivity contribution in [2.75, 3.05) is 18.0 Å². The van der Waals surface area contributed by atoms with E-state index in [-0.39, 0.29) is 11.8 Å². The summed E-state index contributed by atoms with van der Waals surface area (Å²) in [6.45, 7) is 8.19. The average molecular weight is 373 g/mol. The minimum atomic E-state index is 0.0712. The Morgan fingerprint density at radius 3 is 2.88 bits per heavy atom. The molecule has 4 rings (SSSR count). The molecule has 1 N–H and O–H groups in total. The quantitative estimate of drug-likeness (QED) is 0.869. The number of nitrogens with zero attached hydrogens (tertiary/aromatic N) is 3. The van der Waals surface area contributed by atoms with Crippen LogP contribution in [0.25, 0.3) is 10.2 Å². The van der Waals surface area contributed by atoms with Crippen molar-refractivity contribution in [3.8, 4) is 0 Å². The number of aromatic nitrogens is 2. The van der Waals surface area contributed by atoms with Crippen molar-refractivity contribution in [2.45, 2.75) is 58.9 Å². The van der Waals surface area contributed by atoms with Crippen molar-refractivity contribution in [1.82, 2.24) is 15.3 Å². The summed E-state index contributed by atoms with van der Waals surface area (Å²) in [5, 5.41) is 6.63. The number of thiophene rings is 1. The summed E-state index contributed by atoms with van der Waals surface area (Å²) in [7, 11) is 0. The Labute approximate surface area is 159 Å². The number of hydrogen-bond acceptors (Lipinski definition) is 5. The molecule has 2 aliphatic rings. The van der Waals surface area contributed by atoms with Crippen LogP contribution >= 0.6 is 11.3 Å². The maximum atomic E-state index is 12.5. The zero-order valence-electron chi connectivity index (χ0n) is 15.9. The summed E-state index contributed by atoms with van der Waals surface area (Å²) >= 11 is 1.71. The maximum Gasteiger partial charge on any atom is 0.225 e. The summed E-state index contributed by atoms with van der Waals surface area (Å²) in [5.74, 6) is 2.75. The molecule has 2 fully saturated rings. The van der Waals surface area contributed by atoms with Crippen molar-refractivity contribution in [3.63, 3.8) is 0 Å². The van der Waals surface area contributed by atoms with Gasteiger partial charge in [0.2, 0.25) is 5.91 Å². The fourth-order valence-electron chi connectivity index (χ4n) is 3.83. The van der Waals surface area contributed by atoms with Gasteiger partial charge >= 0.3 is 0 Å². The molecule has 1 unspecified atom stereocenters. The van der Waals surface area contributed by atoms with E-state index in [2.05, 4.69) is 34.4 Å². The smallest absolute Gasteiger partial charge is 0.225 e. The normalized spacial score (nSPS) is 20.8. The van der Waals surface area contributed by atoms with Gasteiger partial charge < -0.3 is 10.2 Å². The van der Waals surface area contributed by atoms with Crippen LogP contribution in [0.5, 0.6) is 0 Å². The Morgan fingerprint density at radius 1 is 1.35 bits per heavy atom. The number of carbonyl (C=O) groups excluding carboxylic acids is 1. The fourth-order valence-corrected chi connectivity index (χ4v) is 4.83. The molecule has 2 aromatic rings. The number of amides is 1. The number of fused-ring (bicyclic) bond motifs is 1. The van der Waals surface area contributed by atoms with Crippen molar-refractivity contribution >= 4 is 33.3 Å². The van der Waals surface area contributed by atoms with E-state index in [0.29, 0.717) is 12.0 Å². The first-order valence-electron chi connectivity index (χ1n) is 9.81. The number of carbonyl (C=O) groups is 1. The lowest BCUT2D eigenvalue weighted by Crippen LogP contribution is -2.44. The van der Waals surface area contributed by atoms with Gasteiger partial charge in [0.25, 0.3) is 0 Å². The van der Waals surface area contributed by atoms with Gasteiger partial charge in [0.05, 0.1) is 11.3 Å². The molecule has 1 aliphatic carbocycles. The predicted molar refractivity (Wildman–Crippen MR) is 107 cm³/mol. The van der Waals surface area contributed by atoms with Crippen LogP contribution in [0.1, 0.15) is 50.9 Å². The van der Waals surface area contributed by atoms with Crippen molar-refractivity contribution in [3.05, 3.63) is 16.8 Å². The zero-order valence-corrected chi connectivity index (χ0v) is 16.7. The fraction of sp³-hybridized carbons (Fsp3) is 0.650. The van der Waals surface area contributed by atoms with Crippen molar-refractivity contribution in [2.24, 2.45) is 11.8 Å². The standard InChI is InChI=1S/C20H28N4OS/c1-12(2)9-15-11-26-20-17(15)18(21-13(3)22-20)24-8-4-5-14(10-24)19(25)23-16-6-7-16/h11-12,14,16H,4-10H2,1-3H3,(H,23,25).